The lowest BCUT2D eigenvalue weighted by Crippen LogP contribution is -2.56. The fourth-order valence-corrected chi connectivity index (χ4v) is 6.44. The van der Waals surface area contributed by atoms with Crippen molar-refractivity contribution in [1.29, 1.82) is 0 Å². The van der Waals surface area contributed by atoms with Crippen molar-refractivity contribution in [2.45, 2.75) is 44.7 Å². The zero-order valence-corrected chi connectivity index (χ0v) is 22.7. The molecule has 2 saturated heterocycles. The summed E-state index contributed by atoms with van der Waals surface area (Å²) in [5.74, 6) is 1.97. The molecule has 10 heteroatoms. The third-order valence-electron chi connectivity index (χ3n) is 7.84. The molecule has 1 aromatic heterocycles. The minimum Gasteiger partial charge on any atom is -0.481 e. The van der Waals surface area contributed by atoms with Crippen molar-refractivity contribution in [3.8, 4) is 0 Å². The number of carbonyl (C=O) groups is 1. The summed E-state index contributed by atoms with van der Waals surface area (Å²) in [5, 5.41) is 13.9. The van der Waals surface area contributed by atoms with Crippen molar-refractivity contribution in [2.75, 3.05) is 36.4 Å². The van der Waals surface area contributed by atoms with Gasteiger partial charge in [-0.2, -0.15) is 4.98 Å². The smallest absolute Gasteiger partial charge is 0.306 e. The maximum absolute atomic E-state index is 11.2. The summed E-state index contributed by atoms with van der Waals surface area (Å²) in [4.78, 5) is 25.3. The Morgan fingerprint density at radius 3 is 2.71 bits per heavy atom. The van der Waals surface area contributed by atoms with Gasteiger partial charge in [-0.15, -0.1) is 0 Å². The summed E-state index contributed by atoms with van der Waals surface area (Å²) in [6.07, 6.45) is 5.86. The van der Waals surface area contributed by atoms with Crippen LogP contribution in [0.1, 0.15) is 44.2 Å². The van der Waals surface area contributed by atoms with Crippen LogP contribution < -0.4 is 10.2 Å². The van der Waals surface area contributed by atoms with Crippen molar-refractivity contribution in [3.63, 3.8) is 0 Å². The number of nitrogens with one attached hydrogen (secondary N) is 1. The first-order valence-electron chi connectivity index (χ1n) is 12.2. The van der Waals surface area contributed by atoms with E-state index >= 15 is 0 Å². The van der Waals surface area contributed by atoms with E-state index in [0.717, 1.165) is 60.8 Å². The van der Waals surface area contributed by atoms with E-state index in [0.29, 0.717) is 27.9 Å². The van der Waals surface area contributed by atoms with Gasteiger partial charge in [0.2, 0.25) is 5.95 Å². The van der Waals surface area contributed by atoms with Crippen LogP contribution in [0.15, 0.2) is 28.9 Å². The Morgan fingerprint density at radius 2 is 2.00 bits per heavy atom. The number of aliphatic carboxylic acids is 1. The monoisotopic (exact) mass is 581 g/mol. The van der Waals surface area contributed by atoms with Crippen LogP contribution in [0.25, 0.3) is 0 Å². The fourth-order valence-electron chi connectivity index (χ4n) is 5.57. The van der Waals surface area contributed by atoms with Gasteiger partial charge in [0.1, 0.15) is 5.82 Å². The first-order valence-corrected chi connectivity index (χ1v) is 13.8. The van der Waals surface area contributed by atoms with E-state index in [-0.39, 0.29) is 12.0 Å². The van der Waals surface area contributed by atoms with Crippen molar-refractivity contribution >= 4 is 56.9 Å². The van der Waals surface area contributed by atoms with Crippen LogP contribution in [0.4, 0.5) is 11.8 Å². The number of likely N-dealkylation sites (tertiary alicyclic amines) is 1. The maximum Gasteiger partial charge on any atom is 0.306 e. The summed E-state index contributed by atoms with van der Waals surface area (Å²) in [6, 6.07) is 5.91. The molecule has 0 bridgehead atoms. The minimum atomic E-state index is -0.640. The van der Waals surface area contributed by atoms with E-state index in [1.807, 2.05) is 19.1 Å². The molecule has 2 N–H and O–H groups in total. The highest BCUT2D eigenvalue weighted by molar-refractivity contribution is 9.10. The van der Waals surface area contributed by atoms with Crippen LogP contribution >= 0.6 is 39.1 Å². The second kappa shape index (κ2) is 10.4. The second-order valence-electron chi connectivity index (χ2n) is 10.1. The van der Waals surface area contributed by atoms with Crippen molar-refractivity contribution < 1.29 is 9.90 Å². The molecule has 0 radical (unpaired) electrons. The third-order valence-corrected chi connectivity index (χ3v) is 8.98. The molecule has 188 valence electrons. The predicted molar refractivity (Wildman–Crippen MR) is 142 cm³/mol. The molecule has 3 aliphatic rings. The van der Waals surface area contributed by atoms with E-state index < -0.39 is 5.97 Å². The molecule has 2 unspecified atom stereocenters. The summed E-state index contributed by atoms with van der Waals surface area (Å²) in [5.41, 5.74) is 0.954. The predicted octanol–water partition coefficient (Wildman–Crippen LogP) is 5.73. The van der Waals surface area contributed by atoms with Gasteiger partial charge in [0.15, 0.2) is 0 Å². The lowest BCUT2D eigenvalue weighted by Gasteiger charge is -2.50. The molecule has 7 nitrogen and oxygen atoms in total. The van der Waals surface area contributed by atoms with Gasteiger partial charge in [0.05, 0.1) is 16.4 Å². The van der Waals surface area contributed by atoms with Crippen molar-refractivity contribution in [1.82, 2.24) is 14.9 Å². The Balaban J connectivity index is 1.17. The normalized spacial score (nSPS) is 26.1. The number of hydrogen-bond acceptors (Lipinski definition) is 6. The molecule has 3 fully saturated rings. The second-order valence-corrected chi connectivity index (χ2v) is 11.8. The topological polar surface area (TPSA) is 81.6 Å². The highest BCUT2D eigenvalue weighted by atomic mass is 79.9. The molecule has 5 rings (SSSR count). The summed E-state index contributed by atoms with van der Waals surface area (Å²) in [7, 11) is 0. The van der Waals surface area contributed by atoms with Crippen LogP contribution in [-0.2, 0) is 4.79 Å². The zero-order valence-electron chi connectivity index (χ0n) is 19.6. The Bertz CT molecular complexity index is 1090. The van der Waals surface area contributed by atoms with Gasteiger partial charge >= 0.3 is 5.97 Å². The number of carboxylic acid groups (broad SMARTS) is 1. The molecule has 2 aromatic rings. The Labute approximate surface area is 224 Å². The SMILES string of the molecule is CC(Nc1nc(N2CC(C3CCCN(C4CC(C(=O)O)C4)C3)C2)ncc1Br)c1ccc(Cl)cc1Cl. The number of benzene rings is 1. The van der Waals surface area contributed by atoms with Gasteiger partial charge in [-0.3, -0.25) is 4.79 Å². The molecule has 2 atom stereocenters. The fraction of sp³-hybridized carbons (Fsp3) is 0.560. The van der Waals surface area contributed by atoms with Crippen LogP contribution in [0.3, 0.4) is 0 Å². The van der Waals surface area contributed by atoms with E-state index in [4.69, 9.17) is 28.2 Å². The maximum atomic E-state index is 11.2. The quantitative estimate of drug-likeness (QED) is 0.431. The summed E-state index contributed by atoms with van der Waals surface area (Å²) in [6.45, 7) is 6.15. The lowest BCUT2D eigenvalue weighted by molar-refractivity contribution is -0.147. The van der Waals surface area contributed by atoms with Crippen LogP contribution in [0, 0.1) is 17.8 Å². The van der Waals surface area contributed by atoms with Crippen molar-refractivity contribution in [3.05, 3.63) is 44.5 Å². The average Bonchev–Trinajstić information content (AvgIpc) is 2.74. The molecular weight excluding hydrogens is 553 g/mol. The molecule has 1 aromatic carbocycles. The van der Waals surface area contributed by atoms with Gasteiger partial charge in [0.25, 0.3) is 0 Å². The van der Waals surface area contributed by atoms with Crippen molar-refractivity contribution in [2.24, 2.45) is 17.8 Å². The number of halogens is 3. The third kappa shape index (κ3) is 5.41. The first-order chi connectivity index (χ1) is 16.8. The number of hydrogen-bond donors (Lipinski definition) is 2. The first kappa shape index (κ1) is 25.1. The number of anilines is 2. The number of carboxylic acids is 1. The van der Waals surface area contributed by atoms with Gasteiger partial charge in [-0.05, 0) is 84.6 Å². The Hall–Kier alpha value is -1.61. The molecule has 2 aliphatic heterocycles. The molecule has 1 saturated carbocycles. The van der Waals surface area contributed by atoms with Gasteiger partial charge in [-0.25, -0.2) is 4.98 Å². The van der Waals surface area contributed by atoms with Crippen LogP contribution in [0.5, 0.6) is 0 Å². The minimum absolute atomic E-state index is 0.0524. The van der Waals surface area contributed by atoms with Crippen LogP contribution in [0.2, 0.25) is 10.0 Å². The molecule has 35 heavy (non-hydrogen) atoms. The number of aromatic nitrogens is 2. The lowest BCUT2D eigenvalue weighted by atomic mass is 9.76. The molecule has 1 aliphatic carbocycles. The highest BCUT2D eigenvalue weighted by Gasteiger charge is 2.42. The highest BCUT2D eigenvalue weighted by Crippen LogP contribution is 2.38. The van der Waals surface area contributed by atoms with Gasteiger partial charge in [0, 0.05) is 41.9 Å². The molecule has 0 spiro atoms. The van der Waals surface area contributed by atoms with E-state index in [1.165, 1.54) is 12.8 Å². The van der Waals surface area contributed by atoms with Gasteiger partial charge < -0.3 is 20.2 Å². The molecule has 0 amide bonds. The van der Waals surface area contributed by atoms with Gasteiger partial charge in [-0.1, -0.05) is 29.3 Å². The van der Waals surface area contributed by atoms with E-state index in [9.17, 15) is 9.90 Å². The Kier molecular flexibility index (Phi) is 7.45. The summed E-state index contributed by atoms with van der Waals surface area (Å²) < 4.78 is 0.804. The van der Waals surface area contributed by atoms with Crippen LogP contribution in [-0.4, -0.2) is 58.2 Å². The number of piperidine rings is 1. The average molecular weight is 583 g/mol. The molecular formula is C25H30BrCl2N5O2. The standard InChI is InChI=1S/C25H30BrCl2N5O2/c1-14(20-5-4-18(27)9-22(20)28)30-23-21(26)10-29-25(31-23)33-12-17(13-33)15-3-2-6-32(11-15)19-7-16(8-19)24(34)35/h4-5,9-10,14-17,19H,2-3,6-8,11-13H2,1H3,(H,34,35)(H,29,30,31). The number of rotatable bonds is 7. The van der Waals surface area contributed by atoms with E-state index in [1.54, 1.807) is 12.3 Å². The summed E-state index contributed by atoms with van der Waals surface area (Å²) >= 11 is 16.0. The molecule has 3 heterocycles. The van der Waals surface area contributed by atoms with E-state index in [2.05, 4.69) is 36.0 Å². The zero-order chi connectivity index (χ0) is 24.7. The largest absolute Gasteiger partial charge is 0.481 e. The Morgan fingerprint density at radius 1 is 1.23 bits per heavy atom. The number of nitrogens with zero attached hydrogens (tertiary/aromatic N) is 4.